The Hall–Kier alpha value is -3.64. The van der Waals surface area contributed by atoms with Crippen LogP contribution in [-0.2, 0) is 0 Å². The molecule has 6 heteroatoms. The van der Waals surface area contributed by atoms with E-state index in [1.807, 2.05) is 0 Å². The first kappa shape index (κ1) is 13.3. The molecule has 0 atom stereocenters. The van der Waals surface area contributed by atoms with Gasteiger partial charge in [0.05, 0.1) is 5.22 Å². The van der Waals surface area contributed by atoms with Crippen LogP contribution in [0.15, 0.2) is 56.0 Å². The van der Waals surface area contributed by atoms with Gasteiger partial charge in [-0.1, -0.05) is 24.3 Å². The Balaban J connectivity index is 2.89. The lowest BCUT2D eigenvalue weighted by Gasteiger charge is -1.98. The molecule has 0 spiro atoms. The third-order valence-corrected chi connectivity index (χ3v) is 3.38. The molecule has 6 nitrogen and oxygen atoms in total. The maximum absolute atomic E-state index is 12.7. The Morgan fingerprint density at radius 1 is 0.818 bits per heavy atom. The summed E-state index contributed by atoms with van der Waals surface area (Å²) in [5.74, 6) is 0. The van der Waals surface area contributed by atoms with Gasteiger partial charge in [0.15, 0.2) is 10.9 Å². The molecule has 2 aliphatic carbocycles. The van der Waals surface area contributed by atoms with Crippen molar-refractivity contribution in [1.82, 2.24) is 0 Å². The van der Waals surface area contributed by atoms with Crippen molar-refractivity contribution in [3.63, 3.8) is 0 Å². The Kier molecular flexibility index (Phi) is 3.06. The minimum Gasteiger partial charge on any atom is -0.289 e. The molecule has 0 saturated heterocycles. The second-order valence-electron chi connectivity index (χ2n) is 4.48. The van der Waals surface area contributed by atoms with Gasteiger partial charge in [-0.2, -0.15) is 20.5 Å². The van der Waals surface area contributed by atoms with E-state index in [9.17, 15) is 9.59 Å². The molecule has 2 aliphatic rings. The highest BCUT2D eigenvalue weighted by Gasteiger charge is 2.09. The zero-order valence-corrected chi connectivity index (χ0v) is 11.1. The molecule has 0 saturated carbocycles. The summed E-state index contributed by atoms with van der Waals surface area (Å²) in [7, 11) is 0. The van der Waals surface area contributed by atoms with Gasteiger partial charge in [0.25, 0.3) is 0 Å². The van der Waals surface area contributed by atoms with Crippen molar-refractivity contribution >= 4 is 10.8 Å². The molecule has 0 radical (unpaired) electrons. The molecule has 0 fully saturated rings. The van der Waals surface area contributed by atoms with Crippen molar-refractivity contribution < 1.29 is 0 Å². The molecule has 3 rings (SSSR count). The Morgan fingerprint density at radius 2 is 1.45 bits per heavy atom. The Labute approximate surface area is 122 Å². The summed E-state index contributed by atoms with van der Waals surface area (Å²) in [6, 6.07) is 9.28. The summed E-state index contributed by atoms with van der Waals surface area (Å²) in [6.45, 7) is 0. The normalized spacial score (nSPS) is 12.5. The maximum Gasteiger partial charge on any atom is 0.206 e. The third-order valence-electron chi connectivity index (χ3n) is 3.38. The van der Waals surface area contributed by atoms with Crippen molar-refractivity contribution in [3.8, 4) is 12.4 Å². The molecular weight excluding hydrogens is 280 g/mol. The van der Waals surface area contributed by atoms with Crippen LogP contribution >= 0.6 is 0 Å². The van der Waals surface area contributed by atoms with E-state index in [1.165, 1.54) is 12.1 Å². The molecule has 0 heterocycles. The number of hydrogen-bond acceptors (Lipinski definition) is 6. The highest BCUT2D eigenvalue weighted by atomic mass is 16.1. The molecule has 0 aliphatic heterocycles. The molecule has 0 aromatic heterocycles. The lowest BCUT2D eigenvalue weighted by molar-refractivity contribution is 1.17. The van der Waals surface area contributed by atoms with Gasteiger partial charge in [-0.15, -0.1) is 0 Å². The Bertz CT molecular complexity index is 1280. The number of nitriles is 2. The fourth-order valence-corrected chi connectivity index (χ4v) is 2.47. The minimum atomic E-state index is -0.408. The summed E-state index contributed by atoms with van der Waals surface area (Å²) in [4.78, 5) is 32.3. The summed E-state index contributed by atoms with van der Waals surface area (Å²) in [6.07, 6.45) is 3.18. The van der Waals surface area contributed by atoms with E-state index >= 15 is 0 Å². The fourth-order valence-electron chi connectivity index (χ4n) is 2.47. The van der Waals surface area contributed by atoms with Gasteiger partial charge in [-0.25, -0.2) is 0 Å². The number of fused-ring (bicyclic) bond motifs is 1. The first-order valence-corrected chi connectivity index (χ1v) is 6.24. The van der Waals surface area contributed by atoms with Crippen molar-refractivity contribution in [2.45, 2.75) is 0 Å². The second-order valence-corrected chi connectivity index (χ2v) is 4.48. The third kappa shape index (κ3) is 1.80. The number of nitrogens with zero attached hydrogens (tertiary/aromatic N) is 4. The van der Waals surface area contributed by atoms with Crippen LogP contribution < -0.4 is 21.6 Å². The standard InChI is InChI=1S/C16H6N4O2/c17-7-19-12-6-5-11-13(14(12)20-8-18)16(22)10-4-2-1-3-9(10)15(11)21/h1-6H. The van der Waals surface area contributed by atoms with E-state index in [1.54, 1.807) is 36.7 Å². The van der Waals surface area contributed by atoms with Crippen molar-refractivity contribution in [3.05, 3.63) is 78.0 Å². The van der Waals surface area contributed by atoms with Crippen LogP contribution in [0.25, 0.3) is 10.8 Å². The van der Waals surface area contributed by atoms with E-state index in [-0.39, 0.29) is 32.0 Å². The van der Waals surface area contributed by atoms with Gasteiger partial charge < -0.3 is 0 Å². The first-order chi connectivity index (χ1) is 10.7. The zero-order valence-electron chi connectivity index (χ0n) is 11.1. The van der Waals surface area contributed by atoms with E-state index in [0.29, 0.717) is 5.39 Å². The molecule has 22 heavy (non-hydrogen) atoms. The summed E-state index contributed by atoms with van der Waals surface area (Å²) in [5, 5.41) is 18.3. The van der Waals surface area contributed by atoms with E-state index in [4.69, 9.17) is 10.5 Å². The van der Waals surface area contributed by atoms with Crippen molar-refractivity contribution in [2.24, 2.45) is 9.98 Å². The summed E-state index contributed by atoms with van der Waals surface area (Å²) in [5.41, 5.74) is -0.725. The van der Waals surface area contributed by atoms with Gasteiger partial charge in [0.2, 0.25) is 12.4 Å². The van der Waals surface area contributed by atoms with E-state index in [0.717, 1.165) is 0 Å². The average molecular weight is 286 g/mol. The van der Waals surface area contributed by atoms with E-state index in [2.05, 4.69) is 9.98 Å². The predicted octanol–water partition coefficient (Wildman–Crippen LogP) is -0.0759. The van der Waals surface area contributed by atoms with Crippen LogP contribution in [0.5, 0.6) is 0 Å². The number of rotatable bonds is 0. The maximum atomic E-state index is 12.7. The summed E-state index contributed by atoms with van der Waals surface area (Å²) >= 11 is 0. The molecule has 0 amide bonds. The van der Waals surface area contributed by atoms with Gasteiger partial charge in [0.1, 0.15) is 10.7 Å². The average Bonchev–Trinajstić information content (AvgIpc) is 2.54. The van der Waals surface area contributed by atoms with Gasteiger partial charge in [-0.3, -0.25) is 9.59 Å². The molecule has 0 bridgehead atoms. The largest absolute Gasteiger partial charge is 0.289 e. The minimum absolute atomic E-state index is 0.0155. The fraction of sp³-hybridized carbons (Fsp3) is 0. The molecule has 0 N–H and O–H groups in total. The van der Waals surface area contributed by atoms with Crippen molar-refractivity contribution in [1.29, 1.82) is 10.5 Å². The van der Waals surface area contributed by atoms with E-state index < -0.39 is 5.43 Å². The van der Waals surface area contributed by atoms with Crippen LogP contribution in [0.3, 0.4) is 0 Å². The highest BCUT2D eigenvalue weighted by molar-refractivity contribution is 5.82. The monoisotopic (exact) mass is 286 g/mol. The van der Waals surface area contributed by atoms with Crippen LogP contribution in [0, 0.1) is 33.3 Å². The zero-order chi connectivity index (χ0) is 15.7. The number of benzene rings is 1. The van der Waals surface area contributed by atoms with Crippen LogP contribution in [0.2, 0.25) is 0 Å². The lowest BCUT2D eigenvalue weighted by atomic mass is 10.0. The molecule has 1 aromatic rings. The van der Waals surface area contributed by atoms with Crippen LogP contribution in [0.1, 0.15) is 0 Å². The Morgan fingerprint density at radius 3 is 2.09 bits per heavy atom. The summed E-state index contributed by atoms with van der Waals surface area (Å²) < 4.78 is 0. The lowest BCUT2D eigenvalue weighted by Crippen LogP contribution is -2.33. The smallest absolute Gasteiger partial charge is 0.206 e. The molecular formula is C16H6N4O2. The topological polar surface area (TPSA) is 106 Å². The van der Waals surface area contributed by atoms with Crippen LogP contribution in [-0.4, -0.2) is 0 Å². The quantitative estimate of drug-likeness (QED) is 0.539. The SMILES string of the molecule is N#CN=c1ccc2c(=O)c3ccccc3c(=O)c=2c1=NC#N. The first-order valence-electron chi connectivity index (χ1n) is 6.24. The molecule has 0 unspecified atom stereocenters. The van der Waals surface area contributed by atoms with Gasteiger partial charge in [-0.05, 0) is 12.1 Å². The van der Waals surface area contributed by atoms with Crippen LogP contribution in [0.4, 0.5) is 0 Å². The van der Waals surface area contributed by atoms with Gasteiger partial charge >= 0.3 is 0 Å². The number of hydrogen-bond donors (Lipinski definition) is 0. The predicted molar refractivity (Wildman–Crippen MR) is 76.5 cm³/mol. The van der Waals surface area contributed by atoms with Crippen molar-refractivity contribution in [2.75, 3.05) is 0 Å². The van der Waals surface area contributed by atoms with Gasteiger partial charge in [0, 0.05) is 16.0 Å². The molecule has 1 aromatic carbocycles. The molecule has 102 valence electrons. The highest BCUT2D eigenvalue weighted by Crippen LogP contribution is 2.04. The second kappa shape index (κ2) is 5.04.